The van der Waals surface area contributed by atoms with E-state index in [1.165, 1.54) is 0 Å². The van der Waals surface area contributed by atoms with Gasteiger partial charge < -0.3 is 4.74 Å². The Bertz CT molecular complexity index is 1370. The van der Waals surface area contributed by atoms with Crippen LogP contribution in [0.4, 0.5) is 13.2 Å². The number of rotatable bonds is 3. The number of fused-ring (bicyclic) bond motifs is 5. The van der Waals surface area contributed by atoms with Crippen molar-refractivity contribution in [2.24, 2.45) is 0 Å². The fourth-order valence-electron chi connectivity index (χ4n) is 4.31. The highest BCUT2D eigenvalue weighted by molar-refractivity contribution is 9.10. The Balaban J connectivity index is 1.84. The number of ether oxygens (including phenoxy) is 1. The van der Waals surface area contributed by atoms with Gasteiger partial charge in [-0.1, -0.05) is 40.2 Å². The van der Waals surface area contributed by atoms with E-state index in [0.717, 1.165) is 21.0 Å². The number of benzene rings is 2. The van der Waals surface area contributed by atoms with Crippen LogP contribution < -0.4 is 0 Å². The van der Waals surface area contributed by atoms with Crippen LogP contribution in [0.25, 0.3) is 27.8 Å². The molecule has 5 nitrogen and oxygen atoms in total. The van der Waals surface area contributed by atoms with E-state index in [0.29, 0.717) is 22.5 Å². The van der Waals surface area contributed by atoms with Crippen LogP contribution in [0.5, 0.6) is 0 Å². The average molecular weight is 502 g/mol. The van der Waals surface area contributed by atoms with Crippen molar-refractivity contribution in [3.05, 3.63) is 76.8 Å². The van der Waals surface area contributed by atoms with Gasteiger partial charge in [-0.05, 0) is 30.7 Å². The second-order valence-corrected chi connectivity index (χ2v) is 8.58. The summed E-state index contributed by atoms with van der Waals surface area (Å²) < 4.78 is 46.9. The van der Waals surface area contributed by atoms with Gasteiger partial charge >= 0.3 is 12.1 Å². The Morgan fingerprint density at radius 2 is 2.00 bits per heavy atom. The lowest BCUT2D eigenvalue weighted by Crippen LogP contribution is -2.32. The third kappa shape index (κ3) is 3.28. The number of carbonyl (C=O) groups is 1. The quantitative estimate of drug-likeness (QED) is 0.327. The number of pyridine rings is 1. The molecule has 0 fully saturated rings. The molecule has 0 N–H and O–H groups in total. The molecule has 4 aromatic rings. The Hall–Kier alpha value is -3.20. The number of esters is 1. The van der Waals surface area contributed by atoms with E-state index in [9.17, 15) is 18.0 Å². The standard InChI is InChI=1S/C23H15BrF3N3O2/c1-22(32-18(31)11-23(25,26)27)16-5-3-2-4-14(16)19-15-10-13(24)6-7-17(15)29-21(20(19)22)30-9-8-28-12-30/h2-10,12H,11H2,1H3. The van der Waals surface area contributed by atoms with Gasteiger partial charge in [0.05, 0.1) is 11.1 Å². The molecule has 1 aliphatic carbocycles. The van der Waals surface area contributed by atoms with Crippen molar-refractivity contribution in [1.29, 1.82) is 0 Å². The van der Waals surface area contributed by atoms with Crippen LogP contribution in [0.2, 0.25) is 0 Å². The molecular weight excluding hydrogens is 487 g/mol. The summed E-state index contributed by atoms with van der Waals surface area (Å²) in [7, 11) is 0. The summed E-state index contributed by atoms with van der Waals surface area (Å²) in [5.41, 5.74) is 1.86. The van der Waals surface area contributed by atoms with Crippen LogP contribution in [-0.2, 0) is 15.1 Å². The zero-order chi connectivity index (χ0) is 22.7. The van der Waals surface area contributed by atoms with Gasteiger partial charge in [-0.15, -0.1) is 0 Å². The largest absolute Gasteiger partial charge is 0.449 e. The maximum Gasteiger partial charge on any atom is 0.399 e. The van der Waals surface area contributed by atoms with E-state index in [1.54, 1.807) is 42.3 Å². The SMILES string of the molecule is CC1(OC(=O)CC(F)(F)F)c2ccccc2-c2c1c(-n1ccnc1)nc1ccc(Br)cc21. The molecule has 9 heteroatoms. The summed E-state index contributed by atoms with van der Waals surface area (Å²) in [6, 6.07) is 12.9. The van der Waals surface area contributed by atoms with Gasteiger partial charge in [-0.3, -0.25) is 9.36 Å². The first-order valence-corrected chi connectivity index (χ1v) is 10.5. The van der Waals surface area contributed by atoms with E-state index < -0.39 is 24.2 Å². The summed E-state index contributed by atoms with van der Waals surface area (Å²) in [4.78, 5) is 21.2. The van der Waals surface area contributed by atoms with Crippen LogP contribution in [0.1, 0.15) is 24.5 Å². The van der Waals surface area contributed by atoms with Crippen molar-refractivity contribution in [3.8, 4) is 16.9 Å². The minimum atomic E-state index is -4.67. The number of halogens is 4. The highest BCUT2D eigenvalue weighted by Gasteiger charge is 2.47. The number of nitrogens with zero attached hydrogens (tertiary/aromatic N) is 3. The summed E-state index contributed by atoms with van der Waals surface area (Å²) in [5.74, 6) is -0.917. The number of imidazole rings is 1. The summed E-state index contributed by atoms with van der Waals surface area (Å²) in [5, 5.41) is 0.793. The predicted molar refractivity (Wildman–Crippen MR) is 115 cm³/mol. The monoisotopic (exact) mass is 501 g/mol. The lowest BCUT2D eigenvalue weighted by Gasteiger charge is -2.29. The van der Waals surface area contributed by atoms with Crippen LogP contribution in [0.15, 0.2) is 65.7 Å². The van der Waals surface area contributed by atoms with E-state index in [4.69, 9.17) is 9.72 Å². The lowest BCUT2D eigenvalue weighted by molar-refractivity contribution is -0.179. The van der Waals surface area contributed by atoms with E-state index >= 15 is 0 Å². The maximum absolute atomic E-state index is 12.9. The molecule has 1 unspecified atom stereocenters. The van der Waals surface area contributed by atoms with E-state index in [1.807, 2.05) is 30.3 Å². The fraction of sp³-hybridized carbons (Fsp3) is 0.174. The first kappa shape index (κ1) is 20.7. The van der Waals surface area contributed by atoms with Gasteiger partial charge in [0.25, 0.3) is 0 Å². The molecule has 32 heavy (non-hydrogen) atoms. The van der Waals surface area contributed by atoms with Crippen molar-refractivity contribution in [3.63, 3.8) is 0 Å². The summed E-state index contributed by atoms with van der Waals surface area (Å²) in [6.45, 7) is 1.61. The minimum absolute atomic E-state index is 0.436. The van der Waals surface area contributed by atoms with Gasteiger partial charge in [-0.25, -0.2) is 9.97 Å². The normalized spacial score (nSPS) is 17.3. The maximum atomic E-state index is 12.9. The summed E-state index contributed by atoms with van der Waals surface area (Å²) in [6.07, 6.45) is -1.53. The molecule has 2 aromatic heterocycles. The second-order valence-electron chi connectivity index (χ2n) is 7.66. The van der Waals surface area contributed by atoms with E-state index in [2.05, 4.69) is 20.9 Å². The van der Waals surface area contributed by atoms with Crippen LogP contribution in [-0.4, -0.2) is 26.7 Å². The Kier molecular flexibility index (Phi) is 4.63. The highest BCUT2D eigenvalue weighted by Crippen LogP contribution is 2.54. The number of hydrogen-bond donors (Lipinski definition) is 0. The van der Waals surface area contributed by atoms with Crippen LogP contribution in [0.3, 0.4) is 0 Å². The van der Waals surface area contributed by atoms with Crippen molar-refractivity contribution < 1.29 is 22.7 Å². The zero-order valence-corrected chi connectivity index (χ0v) is 18.2. The number of carbonyl (C=O) groups excluding carboxylic acids is 1. The first-order chi connectivity index (χ1) is 15.2. The van der Waals surface area contributed by atoms with Crippen LogP contribution in [0, 0.1) is 0 Å². The molecule has 0 bridgehead atoms. The molecule has 0 amide bonds. The molecular formula is C23H15BrF3N3O2. The molecule has 1 atom stereocenters. The average Bonchev–Trinajstić information content (AvgIpc) is 3.33. The molecule has 162 valence electrons. The Morgan fingerprint density at radius 1 is 1.22 bits per heavy atom. The second kappa shape index (κ2) is 7.16. The van der Waals surface area contributed by atoms with Crippen molar-refractivity contribution in [2.75, 3.05) is 0 Å². The van der Waals surface area contributed by atoms with Crippen LogP contribution >= 0.6 is 15.9 Å². The lowest BCUT2D eigenvalue weighted by atomic mass is 9.92. The molecule has 1 aliphatic rings. The smallest absolute Gasteiger partial charge is 0.399 e. The first-order valence-electron chi connectivity index (χ1n) is 9.68. The van der Waals surface area contributed by atoms with Crippen molar-refractivity contribution in [1.82, 2.24) is 14.5 Å². The fourth-order valence-corrected chi connectivity index (χ4v) is 4.67. The Labute approximate surface area is 189 Å². The molecule has 0 spiro atoms. The van der Waals surface area contributed by atoms with Gasteiger partial charge in [0.1, 0.15) is 18.6 Å². The topological polar surface area (TPSA) is 57.0 Å². The number of hydrogen-bond acceptors (Lipinski definition) is 4. The Morgan fingerprint density at radius 3 is 2.72 bits per heavy atom. The number of aromatic nitrogens is 3. The molecule has 2 aromatic carbocycles. The van der Waals surface area contributed by atoms with Gasteiger partial charge in [0.15, 0.2) is 5.60 Å². The molecule has 0 aliphatic heterocycles. The third-order valence-electron chi connectivity index (χ3n) is 5.53. The summed E-state index contributed by atoms with van der Waals surface area (Å²) >= 11 is 3.49. The van der Waals surface area contributed by atoms with Gasteiger partial charge in [0.2, 0.25) is 0 Å². The zero-order valence-electron chi connectivity index (χ0n) is 16.7. The predicted octanol–water partition coefficient (Wildman–Crippen LogP) is 5.92. The van der Waals surface area contributed by atoms with Gasteiger partial charge in [-0.2, -0.15) is 13.2 Å². The molecule has 0 saturated carbocycles. The molecule has 0 saturated heterocycles. The van der Waals surface area contributed by atoms with Crippen molar-refractivity contribution in [2.45, 2.75) is 25.1 Å². The highest BCUT2D eigenvalue weighted by atomic mass is 79.9. The third-order valence-corrected chi connectivity index (χ3v) is 6.02. The number of alkyl halides is 3. The van der Waals surface area contributed by atoms with Gasteiger partial charge in [0, 0.05) is 33.4 Å². The molecule has 5 rings (SSSR count). The molecule has 0 radical (unpaired) electrons. The minimum Gasteiger partial charge on any atom is -0.449 e. The molecule has 2 heterocycles. The van der Waals surface area contributed by atoms with E-state index in [-0.39, 0.29) is 0 Å². The van der Waals surface area contributed by atoms with Crippen molar-refractivity contribution >= 4 is 32.8 Å².